The van der Waals surface area contributed by atoms with E-state index in [0.29, 0.717) is 4.47 Å². The molecule has 86 valence electrons. The lowest BCUT2D eigenvalue weighted by Crippen LogP contribution is -2.08. The van der Waals surface area contributed by atoms with E-state index in [9.17, 15) is 14.9 Å². The van der Waals surface area contributed by atoms with E-state index in [1.807, 2.05) is 0 Å². The van der Waals surface area contributed by atoms with Crippen LogP contribution in [0, 0.1) is 10.1 Å². The summed E-state index contributed by atoms with van der Waals surface area (Å²) in [6.07, 6.45) is 0. The first-order valence-electron chi connectivity index (χ1n) is 4.25. The van der Waals surface area contributed by atoms with Gasteiger partial charge in [0.1, 0.15) is 5.69 Å². The second-order valence-electron chi connectivity index (χ2n) is 2.82. The smallest absolute Gasteiger partial charge is 0.340 e. The minimum atomic E-state index is -0.625. The van der Waals surface area contributed by atoms with E-state index >= 15 is 0 Å². The molecule has 0 heterocycles. The monoisotopic (exact) mass is 288 g/mol. The maximum atomic E-state index is 11.4. The quantitative estimate of drug-likeness (QED) is 0.524. The average Bonchev–Trinajstić information content (AvgIpc) is 2.26. The highest BCUT2D eigenvalue weighted by Crippen LogP contribution is 2.35. The predicted molar refractivity (Wildman–Crippen MR) is 61.7 cm³/mol. The minimum absolute atomic E-state index is 0.125. The first-order chi connectivity index (χ1) is 7.52. The van der Waals surface area contributed by atoms with Gasteiger partial charge in [0.15, 0.2) is 0 Å². The number of esters is 1. The number of halogens is 1. The molecule has 0 unspecified atom stereocenters. The Labute approximate surface area is 99.9 Å². The molecule has 0 spiro atoms. The number of hydrogen-bond acceptors (Lipinski definition) is 5. The van der Waals surface area contributed by atoms with Crippen molar-refractivity contribution in [3.8, 4) is 0 Å². The van der Waals surface area contributed by atoms with Crippen molar-refractivity contribution in [1.29, 1.82) is 0 Å². The molecule has 0 saturated heterocycles. The zero-order chi connectivity index (χ0) is 12.3. The van der Waals surface area contributed by atoms with Gasteiger partial charge in [-0.05, 0) is 28.1 Å². The van der Waals surface area contributed by atoms with Crippen LogP contribution in [0.15, 0.2) is 16.6 Å². The van der Waals surface area contributed by atoms with Gasteiger partial charge in [0.2, 0.25) is 0 Å². The number of methoxy groups -OCH3 is 1. The molecule has 0 aliphatic heterocycles. The third-order valence-corrected chi connectivity index (χ3v) is 2.61. The molecule has 1 aromatic rings. The number of carbonyl (C=O) groups excluding carboxylic acids is 1. The van der Waals surface area contributed by atoms with Gasteiger partial charge in [0.05, 0.1) is 22.1 Å². The van der Waals surface area contributed by atoms with E-state index in [4.69, 9.17) is 0 Å². The first kappa shape index (κ1) is 12.4. The minimum Gasteiger partial charge on any atom is -0.465 e. The number of rotatable bonds is 3. The SMILES string of the molecule is CNc1c(C(=O)OC)ccc(Br)c1[N+](=O)[O-]. The molecule has 0 saturated carbocycles. The largest absolute Gasteiger partial charge is 0.465 e. The summed E-state index contributed by atoms with van der Waals surface area (Å²) in [7, 11) is 2.72. The number of nitro benzene ring substituents is 1. The molecule has 6 nitrogen and oxygen atoms in total. The first-order valence-corrected chi connectivity index (χ1v) is 5.05. The molecule has 0 aliphatic rings. The van der Waals surface area contributed by atoms with Crippen LogP contribution < -0.4 is 5.32 Å². The van der Waals surface area contributed by atoms with Gasteiger partial charge in [0, 0.05) is 7.05 Å². The summed E-state index contributed by atoms with van der Waals surface area (Å²) >= 11 is 3.06. The number of nitro groups is 1. The number of benzene rings is 1. The lowest BCUT2D eigenvalue weighted by molar-refractivity contribution is -0.384. The molecule has 1 aromatic carbocycles. The summed E-state index contributed by atoms with van der Waals surface area (Å²) in [4.78, 5) is 21.7. The van der Waals surface area contributed by atoms with Crippen molar-refractivity contribution in [3.63, 3.8) is 0 Å². The topological polar surface area (TPSA) is 81.5 Å². The van der Waals surface area contributed by atoms with Gasteiger partial charge >= 0.3 is 11.7 Å². The van der Waals surface area contributed by atoms with E-state index < -0.39 is 10.9 Å². The van der Waals surface area contributed by atoms with Gasteiger partial charge in [0.25, 0.3) is 0 Å². The standard InChI is InChI=1S/C9H9BrN2O4/c1-11-7-5(9(13)16-2)3-4-6(10)8(7)12(14)15/h3-4,11H,1-2H3. The van der Waals surface area contributed by atoms with Crippen LogP contribution in [0.25, 0.3) is 0 Å². The molecule has 0 aromatic heterocycles. The number of carbonyl (C=O) groups is 1. The highest BCUT2D eigenvalue weighted by molar-refractivity contribution is 9.10. The van der Waals surface area contributed by atoms with Crippen molar-refractivity contribution in [2.45, 2.75) is 0 Å². The number of hydrogen-bond donors (Lipinski definition) is 1. The van der Waals surface area contributed by atoms with Gasteiger partial charge in [-0.1, -0.05) is 0 Å². The van der Waals surface area contributed by atoms with E-state index in [0.717, 1.165) is 0 Å². The maximum Gasteiger partial charge on any atom is 0.340 e. The highest BCUT2D eigenvalue weighted by Gasteiger charge is 2.24. The van der Waals surface area contributed by atoms with Crippen molar-refractivity contribution < 1.29 is 14.5 Å². The zero-order valence-electron chi connectivity index (χ0n) is 8.61. The van der Waals surface area contributed by atoms with Gasteiger partial charge in [-0.2, -0.15) is 0 Å². The van der Waals surface area contributed by atoms with Crippen LogP contribution in [-0.2, 0) is 4.74 Å². The normalized spacial score (nSPS) is 9.69. The van der Waals surface area contributed by atoms with Crippen molar-refractivity contribution in [1.82, 2.24) is 0 Å². The summed E-state index contributed by atoms with van der Waals surface area (Å²) in [5.74, 6) is -0.625. The van der Waals surface area contributed by atoms with Crippen LogP contribution in [0.5, 0.6) is 0 Å². The molecule has 1 rings (SSSR count). The molecule has 1 N–H and O–H groups in total. The van der Waals surface area contributed by atoms with E-state index in [1.165, 1.54) is 26.3 Å². The fraction of sp³-hybridized carbons (Fsp3) is 0.222. The lowest BCUT2D eigenvalue weighted by atomic mass is 10.1. The lowest BCUT2D eigenvalue weighted by Gasteiger charge is -2.08. The van der Waals surface area contributed by atoms with E-state index in [2.05, 4.69) is 26.0 Å². The number of anilines is 1. The van der Waals surface area contributed by atoms with Crippen LogP contribution in [0.3, 0.4) is 0 Å². The second-order valence-corrected chi connectivity index (χ2v) is 3.67. The van der Waals surface area contributed by atoms with Crippen LogP contribution in [0.4, 0.5) is 11.4 Å². The molecule has 0 radical (unpaired) electrons. The van der Waals surface area contributed by atoms with Crippen molar-refractivity contribution in [2.75, 3.05) is 19.5 Å². The molecule has 0 bridgehead atoms. The Morgan fingerprint density at radius 2 is 2.19 bits per heavy atom. The average molecular weight is 289 g/mol. The fourth-order valence-electron chi connectivity index (χ4n) is 1.28. The van der Waals surface area contributed by atoms with Crippen LogP contribution in [0.1, 0.15) is 10.4 Å². The van der Waals surface area contributed by atoms with E-state index in [1.54, 1.807) is 0 Å². The molecular formula is C9H9BrN2O4. The Hall–Kier alpha value is -1.63. The maximum absolute atomic E-state index is 11.4. The van der Waals surface area contributed by atoms with E-state index in [-0.39, 0.29) is 16.9 Å². The van der Waals surface area contributed by atoms with Crippen LogP contribution >= 0.6 is 15.9 Å². The van der Waals surface area contributed by atoms with Gasteiger partial charge in [-0.15, -0.1) is 0 Å². The molecule has 16 heavy (non-hydrogen) atoms. The summed E-state index contributed by atoms with van der Waals surface area (Å²) in [6.45, 7) is 0. The Morgan fingerprint density at radius 1 is 1.56 bits per heavy atom. The number of ether oxygens (including phenoxy) is 1. The van der Waals surface area contributed by atoms with Gasteiger partial charge in [-0.25, -0.2) is 4.79 Å². The van der Waals surface area contributed by atoms with Crippen molar-refractivity contribution in [2.24, 2.45) is 0 Å². The summed E-state index contributed by atoms with van der Waals surface area (Å²) in [5, 5.41) is 13.5. The third kappa shape index (κ3) is 2.13. The molecular weight excluding hydrogens is 280 g/mol. The molecule has 0 aliphatic carbocycles. The Morgan fingerprint density at radius 3 is 2.62 bits per heavy atom. The van der Waals surface area contributed by atoms with Crippen LogP contribution in [-0.4, -0.2) is 25.1 Å². The second kappa shape index (κ2) is 4.93. The molecule has 0 amide bonds. The zero-order valence-corrected chi connectivity index (χ0v) is 10.2. The molecule has 7 heteroatoms. The number of nitrogens with zero attached hydrogens (tertiary/aromatic N) is 1. The van der Waals surface area contributed by atoms with Crippen molar-refractivity contribution in [3.05, 3.63) is 32.3 Å². The predicted octanol–water partition coefficient (Wildman–Crippen LogP) is 2.19. The Balaban J connectivity index is 3.48. The number of nitrogens with one attached hydrogen (secondary N) is 1. The fourth-order valence-corrected chi connectivity index (χ4v) is 1.75. The summed E-state index contributed by atoms with van der Waals surface area (Å²) in [6, 6.07) is 2.89. The Kier molecular flexibility index (Phi) is 3.83. The molecule has 0 fully saturated rings. The summed E-state index contributed by atoms with van der Waals surface area (Å²) in [5.41, 5.74) is 0.0662. The van der Waals surface area contributed by atoms with Crippen molar-refractivity contribution >= 4 is 33.3 Å². The van der Waals surface area contributed by atoms with Gasteiger partial charge < -0.3 is 10.1 Å². The van der Waals surface area contributed by atoms with Crippen LogP contribution in [0.2, 0.25) is 0 Å². The third-order valence-electron chi connectivity index (χ3n) is 1.97. The van der Waals surface area contributed by atoms with Gasteiger partial charge in [-0.3, -0.25) is 10.1 Å². The highest BCUT2D eigenvalue weighted by atomic mass is 79.9. The Bertz CT molecular complexity index is 447. The molecule has 0 atom stereocenters. The summed E-state index contributed by atoms with van der Waals surface area (Å²) < 4.78 is 4.84.